The van der Waals surface area contributed by atoms with Crippen LogP contribution in [0.15, 0.2) is 0 Å². The molecule has 30 atom stereocenters. The van der Waals surface area contributed by atoms with Gasteiger partial charge in [-0.15, -0.1) is 0 Å². The minimum atomic E-state index is -1.87. The van der Waals surface area contributed by atoms with E-state index in [1.807, 2.05) is 69.2 Å². The zero-order chi connectivity index (χ0) is 55.9. The van der Waals surface area contributed by atoms with Crippen molar-refractivity contribution in [1.29, 1.82) is 0 Å². The van der Waals surface area contributed by atoms with E-state index >= 15 is 0 Å². The summed E-state index contributed by atoms with van der Waals surface area (Å²) in [5.41, 5.74) is 0. The van der Waals surface area contributed by atoms with Crippen LogP contribution < -0.4 is 0 Å². The van der Waals surface area contributed by atoms with Crippen LogP contribution in [0.1, 0.15) is 115 Å². The number of aliphatic hydroxyl groups excluding tert-OH is 12. The average molecular weight is 1100 g/mol. The van der Waals surface area contributed by atoms with Crippen molar-refractivity contribution in [3.05, 3.63) is 0 Å². The Hall–Kier alpha value is -0.960. The highest BCUT2D eigenvalue weighted by Crippen LogP contribution is 2.41. The van der Waals surface area contributed by atoms with Gasteiger partial charge < -0.3 is 118 Å². The van der Waals surface area contributed by atoms with Crippen LogP contribution in [0.3, 0.4) is 0 Å². The van der Waals surface area contributed by atoms with Gasteiger partial charge in [0.2, 0.25) is 0 Å². The van der Waals surface area contributed by atoms with Gasteiger partial charge in [0.1, 0.15) is 110 Å². The van der Waals surface area contributed by atoms with Crippen LogP contribution in [0.4, 0.5) is 0 Å². The van der Waals surface area contributed by atoms with Crippen molar-refractivity contribution >= 4 is 0 Å². The van der Waals surface area contributed by atoms with Crippen molar-refractivity contribution in [2.24, 2.45) is 29.6 Å². The standard InChI is InChI=1S/C52H92O24/c1-12-23-41-29(53)35(59)47(65-23)72-42-24(13-18(2)3)67-49(37(61)31(42)55)74-44-26(15-20(6)7)69-51(39(63)33(44)57)76-46-28(17-22(10)11)70-52(40(64)34(46)58)75-45-27(16-21(8)9)68-50(38(62)32(45)56)73-43-25(14-19(4)5)66-48(71-41)36(60)30(43)54/h18-64H,12-17H2,1-11H3. The summed E-state index contributed by atoms with van der Waals surface area (Å²) in [5.74, 6) is -0.540. The summed E-state index contributed by atoms with van der Waals surface area (Å²) in [6.07, 6.45) is -45.5. The topological polar surface area (TPSA) is 354 Å². The molecule has 22 fully saturated rings. The summed E-state index contributed by atoms with van der Waals surface area (Å²) in [6, 6.07) is 0. The molecule has 22 saturated heterocycles. The fourth-order valence-corrected chi connectivity index (χ4v) is 11.6. The van der Waals surface area contributed by atoms with Gasteiger partial charge in [0.05, 0.1) is 36.6 Å². The van der Waals surface area contributed by atoms with Gasteiger partial charge in [-0.25, -0.2) is 0 Å². The molecule has 0 aliphatic carbocycles. The molecule has 22 aliphatic rings. The van der Waals surface area contributed by atoms with Crippen LogP contribution in [0.25, 0.3) is 0 Å². The first kappa shape index (κ1) is 62.6. The Morgan fingerprint density at radius 2 is 0.368 bits per heavy atom. The molecule has 0 aromatic rings. The predicted molar refractivity (Wildman–Crippen MR) is 261 cm³/mol. The number of ether oxygens (including phenoxy) is 12. The van der Waals surface area contributed by atoms with Crippen LogP contribution in [0, 0.1) is 29.6 Å². The van der Waals surface area contributed by atoms with Gasteiger partial charge in [0.25, 0.3) is 0 Å². The molecular formula is C52H92O24. The molecule has 444 valence electrons. The number of hydrogen-bond donors (Lipinski definition) is 12. The summed E-state index contributed by atoms with van der Waals surface area (Å²) in [7, 11) is 0. The Morgan fingerprint density at radius 1 is 0.224 bits per heavy atom. The largest absolute Gasteiger partial charge is 0.387 e. The highest BCUT2D eigenvalue weighted by molar-refractivity contribution is 5.01. The van der Waals surface area contributed by atoms with Crippen molar-refractivity contribution in [2.45, 2.75) is 299 Å². The van der Waals surface area contributed by atoms with Crippen LogP contribution in [0.2, 0.25) is 0 Å². The molecule has 22 heterocycles. The summed E-state index contributed by atoms with van der Waals surface area (Å²) >= 11 is 0. The van der Waals surface area contributed by atoms with E-state index in [1.54, 1.807) is 6.92 Å². The second kappa shape index (κ2) is 26.5. The summed E-state index contributed by atoms with van der Waals surface area (Å²) in [5, 5.41) is 141. The molecule has 0 spiro atoms. The van der Waals surface area contributed by atoms with E-state index in [1.165, 1.54) is 0 Å². The lowest BCUT2D eigenvalue weighted by molar-refractivity contribution is -0.402. The van der Waals surface area contributed by atoms with Crippen molar-refractivity contribution in [1.82, 2.24) is 0 Å². The Balaban J connectivity index is 1.26. The fraction of sp³-hybridized carbons (Fsp3) is 1.00. The van der Waals surface area contributed by atoms with Crippen molar-refractivity contribution < 1.29 is 118 Å². The third-order valence-electron chi connectivity index (χ3n) is 15.5. The second-order valence-electron chi connectivity index (χ2n) is 24.3. The summed E-state index contributed by atoms with van der Waals surface area (Å²) < 4.78 is 75.7. The van der Waals surface area contributed by atoms with Crippen LogP contribution in [-0.4, -0.2) is 246 Å². The first-order chi connectivity index (χ1) is 35.7. The zero-order valence-electron chi connectivity index (χ0n) is 45.7. The zero-order valence-corrected chi connectivity index (χ0v) is 45.7. The number of hydrogen-bond acceptors (Lipinski definition) is 24. The first-order valence-corrected chi connectivity index (χ1v) is 27.7. The molecule has 12 N–H and O–H groups in total. The Kier molecular flexibility index (Phi) is 21.9. The highest BCUT2D eigenvalue weighted by Gasteiger charge is 2.59. The molecule has 12 bridgehead atoms. The molecule has 30 unspecified atom stereocenters. The summed E-state index contributed by atoms with van der Waals surface area (Å²) in [4.78, 5) is 0. The van der Waals surface area contributed by atoms with Gasteiger partial charge in [0.15, 0.2) is 37.7 Å². The molecule has 0 aromatic heterocycles. The maximum atomic E-state index is 11.9. The normalized spacial score (nSPS) is 50.1. The van der Waals surface area contributed by atoms with Gasteiger partial charge in [-0.05, 0) is 68.1 Å². The lowest BCUT2D eigenvalue weighted by Crippen LogP contribution is -2.68. The van der Waals surface area contributed by atoms with E-state index in [0.29, 0.717) is 0 Å². The molecule has 22 rings (SSSR count). The lowest BCUT2D eigenvalue weighted by atomic mass is 9.90. The molecule has 0 radical (unpaired) electrons. The van der Waals surface area contributed by atoms with Crippen LogP contribution in [-0.2, 0) is 56.8 Å². The number of aliphatic hydroxyl groups is 12. The van der Waals surface area contributed by atoms with Gasteiger partial charge in [-0.3, -0.25) is 0 Å². The van der Waals surface area contributed by atoms with Gasteiger partial charge >= 0.3 is 0 Å². The monoisotopic (exact) mass is 1100 g/mol. The molecule has 0 amide bonds. The van der Waals surface area contributed by atoms with E-state index in [0.717, 1.165) is 0 Å². The molecule has 24 nitrogen and oxygen atoms in total. The molecular weight excluding hydrogens is 1010 g/mol. The Bertz CT molecular complexity index is 1750. The third kappa shape index (κ3) is 13.9. The first-order valence-electron chi connectivity index (χ1n) is 27.7. The minimum Gasteiger partial charge on any atom is -0.387 e. The van der Waals surface area contributed by atoms with E-state index in [9.17, 15) is 61.3 Å². The minimum absolute atomic E-state index is 0.107. The summed E-state index contributed by atoms with van der Waals surface area (Å²) in [6.45, 7) is 20.5. The molecule has 0 saturated carbocycles. The Labute approximate surface area is 445 Å². The third-order valence-corrected chi connectivity index (χ3v) is 15.5. The van der Waals surface area contributed by atoms with Crippen molar-refractivity contribution in [3.63, 3.8) is 0 Å². The smallest absolute Gasteiger partial charge is 0.187 e. The Morgan fingerprint density at radius 3 is 0.513 bits per heavy atom. The highest BCUT2D eigenvalue weighted by atomic mass is 16.8. The van der Waals surface area contributed by atoms with Crippen LogP contribution in [0.5, 0.6) is 0 Å². The molecule has 76 heavy (non-hydrogen) atoms. The molecule has 22 aliphatic heterocycles. The fourth-order valence-electron chi connectivity index (χ4n) is 11.6. The predicted octanol–water partition coefficient (Wildman–Crippen LogP) is -1.37. The maximum absolute atomic E-state index is 11.9. The SMILES string of the molecule is CCC1OC2OC3C(CC(C)C)OC(OC4C(CC(C)C)OC(OC5C(CC(C)C)OC(OC6C(CC(C)C)OC(OC7C(CC(C)C)OC(OC1C(O)C2O)C(O)C7O)C(O)C6O)C(O)C5O)C(O)C4O)C(O)C3O. The average Bonchev–Trinajstić information content (AvgIpc) is 3.34. The molecule has 0 aromatic carbocycles. The lowest BCUT2D eigenvalue weighted by Gasteiger charge is -2.51. The maximum Gasteiger partial charge on any atom is 0.187 e. The van der Waals surface area contributed by atoms with E-state index < -0.39 is 184 Å². The van der Waals surface area contributed by atoms with E-state index in [2.05, 4.69) is 0 Å². The van der Waals surface area contributed by atoms with Gasteiger partial charge in [-0.2, -0.15) is 0 Å². The quantitative estimate of drug-likeness (QED) is 0.114. The van der Waals surface area contributed by atoms with Crippen molar-refractivity contribution in [2.75, 3.05) is 0 Å². The van der Waals surface area contributed by atoms with Crippen molar-refractivity contribution in [3.8, 4) is 0 Å². The second-order valence-corrected chi connectivity index (χ2v) is 24.3. The van der Waals surface area contributed by atoms with E-state index in [-0.39, 0.29) is 68.1 Å². The van der Waals surface area contributed by atoms with E-state index in [4.69, 9.17) is 56.8 Å². The molecule has 24 heteroatoms. The van der Waals surface area contributed by atoms with Gasteiger partial charge in [0, 0.05) is 0 Å². The van der Waals surface area contributed by atoms with Crippen LogP contribution >= 0.6 is 0 Å². The van der Waals surface area contributed by atoms with Gasteiger partial charge in [-0.1, -0.05) is 76.2 Å². The number of rotatable bonds is 11.